The summed E-state index contributed by atoms with van der Waals surface area (Å²) in [5.74, 6) is 0.387. The SMILES string of the molecule is COc1ccc(NC(=O)OC(C)(C)C)cc1C(F)CN. The Kier molecular flexibility index (Phi) is 5.33. The summed E-state index contributed by atoms with van der Waals surface area (Å²) in [7, 11) is 1.45. The Labute approximate surface area is 118 Å². The van der Waals surface area contributed by atoms with Gasteiger partial charge >= 0.3 is 6.09 Å². The Hall–Kier alpha value is -1.82. The molecular weight excluding hydrogens is 263 g/mol. The van der Waals surface area contributed by atoms with E-state index in [1.54, 1.807) is 32.9 Å². The van der Waals surface area contributed by atoms with Gasteiger partial charge in [0.05, 0.1) is 7.11 Å². The second-order valence-electron chi connectivity index (χ2n) is 5.29. The summed E-state index contributed by atoms with van der Waals surface area (Å²) in [4.78, 5) is 11.7. The fourth-order valence-corrected chi connectivity index (χ4v) is 1.61. The molecule has 6 heteroatoms. The van der Waals surface area contributed by atoms with Gasteiger partial charge in [0.25, 0.3) is 0 Å². The van der Waals surface area contributed by atoms with Crippen molar-refractivity contribution in [1.29, 1.82) is 0 Å². The van der Waals surface area contributed by atoms with Gasteiger partial charge in [0, 0.05) is 17.8 Å². The van der Waals surface area contributed by atoms with E-state index >= 15 is 0 Å². The van der Waals surface area contributed by atoms with Crippen molar-refractivity contribution >= 4 is 11.8 Å². The Bertz CT molecular complexity index is 472. The van der Waals surface area contributed by atoms with Gasteiger partial charge in [-0.1, -0.05) is 0 Å². The summed E-state index contributed by atoms with van der Waals surface area (Å²) < 4.78 is 23.9. The topological polar surface area (TPSA) is 73.6 Å². The first-order valence-corrected chi connectivity index (χ1v) is 6.29. The molecule has 1 atom stereocenters. The normalized spacial score (nSPS) is 12.7. The van der Waals surface area contributed by atoms with Crippen molar-refractivity contribution in [3.63, 3.8) is 0 Å². The van der Waals surface area contributed by atoms with Gasteiger partial charge in [-0.05, 0) is 39.0 Å². The summed E-state index contributed by atoms with van der Waals surface area (Å²) in [6, 6.07) is 4.67. The highest BCUT2D eigenvalue weighted by Crippen LogP contribution is 2.30. The first-order chi connectivity index (χ1) is 9.26. The fourth-order valence-electron chi connectivity index (χ4n) is 1.61. The van der Waals surface area contributed by atoms with E-state index in [9.17, 15) is 9.18 Å². The molecule has 1 amide bonds. The lowest BCUT2D eigenvalue weighted by atomic mass is 10.1. The van der Waals surface area contributed by atoms with Gasteiger partial charge in [0.2, 0.25) is 0 Å². The minimum absolute atomic E-state index is 0.160. The second kappa shape index (κ2) is 6.56. The van der Waals surface area contributed by atoms with Crippen LogP contribution in [0.5, 0.6) is 5.75 Å². The molecule has 0 aliphatic heterocycles. The molecule has 1 rings (SSSR count). The van der Waals surface area contributed by atoms with Gasteiger partial charge in [-0.3, -0.25) is 5.32 Å². The summed E-state index contributed by atoms with van der Waals surface area (Å²) in [5.41, 5.74) is 5.44. The van der Waals surface area contributed by atoms with Crippen LogP contribution in [0, 0.1) is 0 Å². The first-order valence-electron chi connectivity index (χ1n) is 6.29. The molecule has 20 heavy (non-hydrogen) atoms. The zero-order valence-electron chi connectivity index (χ0n) is 12.2. The third kappa shape index (κ3) is 4.70. The highest BCUT2D eigenvalue weighted by molar-refractivity contribution is 5.85. The number of hydrogen-bond donors (Lipinski definition) is 2. The van der Waals surface area contributed by atoms with E-state index in [4.69, 9.17) is 15.2 Å². The number of rotatable bonds is 4. The Morgan fingerprint density at radius 1 is 1.45 bits per heavy atom. The number of amides is 1. The Morgan fingerprint density at radius 3 is 2.60 bits per heavy atom. The number of carbonyl (C=O) groups is 1. The van der Waals surface area contributed by atoms with E-state index in [0.29, 0.717) is 17.0 Å². The van der Waals surface area contributed by atoms with E-state index in [1.165, 1.54) is 13.2 Å². The van der Waals surface area contributed by atoms with Gasteiger partial charge in [-0.2, -0.15) is 0 Å². The minimum atomic E-state index is -1.36. The number of carbonyl (C=O) groups excluding carboxylic acids is 1. The maximum absolute atomic E-state index is 13.8. The van der Waals surface area contributed by atoms with Gasteiger partial charge in [-0.15, -0.1) is 0 Å². The number of nitrogens with two attached hydrogens (primary N) is 1. The summed E-state index contributed by atoms with van der Waals surface area (Å²) >= 11 is 0. The van der Waals surface area contributed by atoms with Crippen molar-refractivity contribution in [2.75, 3.05) is 19.0 Å². The van der Waals surface area contributed by atoms with Crippen LogP contribution >= 0.6 is 0 Å². The van der Waals surface area contributed by atoms with Crippen molar-refractivity contribution in [1.82, 2.24) is 0 Å². The first kappa shape index (κ1) is 16.2. The third-order valence-corrected chi connectivity index (χ3v) is 2.42. The quantitative estimate of drug-likeness (QED) is 0.891. The van der Waals surface area contributed by atoms with Crippen molar-refractivity contribution in [3.05, 3.63) is 23.8 Å². The standard InChI is InChI=1S/C14H21FN2O3/c1-14(2,3)20-13(18)17-9-5-6-12(19-4)10(7-9)11(15)8-16/h5-7,11H,8,16H2,1-4H3,(H,17,18). The van der Waals surface area contributed by atoms with Crippen LogP contribution < -0.4 is 15.8 Å². The molecule has 3 N–H and O–H groups in total. The minimum Gasteiger partial charge on any atom is -0.496 e. The summed E-state index contributed by atoms with van der Waals surface area (Å²) in [6.07, 6.45) is -1.96. The van der Waals surface area contributed by atoms with Crippen LogP contribution in [0.2, 0.25) is 0 Å². The second-order valence-corrected chi connectivity index (χ2v) is 5.29. The van der Waals surface area contributed by atoms with Gasteiger partial charge in [-0.25, -0.2) is 9.18 Å². The van der Waals surface area contributed by atoms with Crippen LogP contribution in [0.3, 0.4) is 0 Å². The van der Waals surface area contributed by atoms with Crippen molar-refractivity contribution in [3.8, 4) is 5.75 Å². The molecule has 1 aromatic carbocycles. The van der Waals surface area contributed by atoms with Gasteiger partial charge < -0.3 is 15.2 Å². The largest absolute Gasteiger partial charge is 0.496 e. The number of halogens is 1. The lowest BCUT2D eigenvalue weighted by Gasteiger charge is -2.20. The zero-order valence-corrected chi connectivity index (χ0v) is 12.2. The number of benzene rings is 1. The van der Waals surface area contributed by atoms with Crippen LogP contribution in [0.4, 0.5) is 14.9 Å². The molecule has 0 saturated heterocycles. The van der Waals surface area contributed by atoms with Crippen LogP contribution in [0.1, 0.15) is 32.5 Å². The molecule has 0 aliphatic carbocycles. The molecule has 0 heterocycles. The monoisotopic (exact) mass is 284 g/mol. The average molecular weight is 284 g/mol. The van der Waals surface area contributed by atoms with Crippen molar-refractivity contribution in [2.24, 2.45) is 5.73 Å². The maximum Gasteiger partial charge on any atom is 0.412 e. The molecular formula is C14H21FN2O3. The number of anilines is 1. The van der Waals surface area contributed by atoms with Crippen LogP contribution in [0.15, 0.2) is 18.2 Å². The van der Waals surface area contributed by atoms with Crippen LogP contribution in [-0.2, 0) is 4.74 Å². The fraction of sp³-hybridized carbons (Fsp3) is 0.500. The van der Waals surface area contributed by atoms with Crippen LogP contribution in [0.25, 0.3) is 0 Å². The molecule has 1 unspecified atom stereocenters. The molecule has 5 nitrogen and oxygen atoms in total. The smallest absolute Gasteiger partial charge is 0.412 e. The molecule has 0 aliphatic rings. The predicted octanol–water partition coefficient (Wildman–Crippen LogP) is 3.01. The van der Waals surface area contributed by atoms with Crippen molar-refractivity contribution in [2.45, 2.75) is 32.5 Å². The van der Waals surface area contributed by atoms with E-state index in [-0.39, 0.29) is 6.54 Å². The summed E-state index contributed by atoms with van der Waals surface area (Å²) in [6.45, 7) is 5.13. The molecule has 0 spiro atoms. The lowest BCUT2D eigenvalue weighted by Crippen LogP contribution is -2.27. The lowest BCUT2D eigenvalue weighted by molar-refractivity contribution is 0.0636. The molecule has 112 valence electrons. The molecule has 0 radical (unpaired) electrons. The molecule has 0 saturated carbocycles. The molecule has 0 fully saturated rings. The predicted molar refractivity (Wildman–Crippen MR) is 75.8 cm³/mol. The number of ether oxygens (including phenoxy) is 2. The molecule has 0 aromatic heterocycles. The maximum atomic E-state index is 13.8. The van der Waals surface area contributed by atoms with Crippen molar-refractivity contribution < 1.29 is 18.7 Å². The van der Waals surface area contributed by atoms with E-state index < -0.39 is 17.9 Å². The van der Waals surface area contributed by atoms with Gasteiger partial charge in [0.15, 0.2) is 0 Å². The highest BCUT2D eigenvalue weighted by atomic mass is 19.1. The van der Waals surface area contributed by atoms with E-state index in [0.717, 1.165) is 0 Å². The van der Waals surface area contributed by atoms with Crippen LogP contribution in [-0.4, -0.2) is 25.3 Å². The third-order valence-electron chi connectivity index (χ3n) is 2.42. The summed E-state index contributed by atoms with van der Waals surface area (Å²) in [5, 5.41) is 2.54. The number of hydrogen-bond acceptors (Lipinski definition) is 4. The Morgan fingerprint density at radius 2 is 2.10 bits per heavy atom. The van der Waals surface area contributed by atoms with Gasteiger partial charge in [0.1, 0.15) is 17.5 Å². The molecule has 1 aromatic rings. The number of methoxy groups -OCH3 is 1. The Balaban J connectivity index is 2.89. The average Bonchev–Trinajstić information content (AvgIpc) is 2.35. The number of alkyl halides is 1. The molecule has 0 bridgehead atoms. The van der Waals surface area contributed by atoms with E-state index in [2.05, 4.69) is 5.32 Å². The highest BCUT2D eigenvalue weighted by Gasteiger charge is 2.18. The number of nitrogens with one attached hydrogen (secondary N) is 1. The zero-order chi connectivity index (χ0) is 15.3. The van der Waals surface area contributed by atoms with E-state index in [1.807, 2.05) is 0 Å².